The minimum Gasteiger partial charge on any atom is -0.479 e. The van der Waals surface area contributed by atoms with Crippen LogP contribution in [0.5, 0.6) is 5.75 Å². The molecule has 2 aromatic rings. The van der Waals surface area contributed by atoms with Gasteiger partial charge in [0.1, 0.15) is 5.75 Å². The van der Waals surface area contributed by atoms with Gasteiger partial charge in [-0.25, -0.2) is 9.79 Å². The van der Waals surface area contributed by atoms with Crippen LogP contribution < -0.4 is 10.1 Å². The van der Waals surface area contributed by atoms with Crippen LogP contribution >= 0.6 is 11.8 Å². The van der Waals surface area contributed by atoms with Crippen molar-refractivity contribution in [3.8, 4) is 5.75 Å². The van der Waals surface area contributed by atoms with Crippen LogP contribution in [0.3, 0.4) is 0 Å². The van der Waals surface area contributed by atoms with Crippen LogP contribution in [0.2, 0.25) is 0 Å². The van der Waals surface area contributed by atoms with E-state index in [9.17, 15) is 14.7 Å². The summed E-state index contributed by atoms with van der Waals surface area (Å²) in [5.41, 5.74) is 3.56. The molecule has 3 rings (SSSR count). The Kier molecular flexibility index (Phi) is 6.39. The second-order valence-electron chi connectivity index (χ2n) is 6.66. The first-order valence-electron chi connectivity index (χ1n) is 9.22. The molecule has 0 radical (unpaired) electrons. The number of aliphatic carboxylic acids is 1. The van der Waals surface area contributed by atoms with Gasteiger partial charge in [0, 0.05) is 5.56 Å². The van der Waals surface area contributed by atoms with E-state index in [1.807, 2.05) is 38.1 Å². The largest absolute Gasteiger partial charge is 0.479 e. The molecule has 29 heavy (non-hydrogen) atoms. The molecule has 7 heteroatoms. The fraction of sp³-hybridized carbons (Fsp3) is 0.227. The van der Waals surface area contributed by atoms with Crippen molar-refractivity contribution in [2.24, 2.45) is 4.99 Å². The van der Waals surface area contributed by atoms with Crippen molar-refractivity contribution in [3.05, 3.63) is 64.1 Å². The SMILES string of the molecule is CCC(Oc1ccccc1/C=C1/SC(=Nc2cc(C)ccc2C)NC1=O)C(=O)O. The zero-order valence-corrected chi connectivity index (χ0v) is 17.2. The Hall–Kier alpha value is -3.06. The smallest absolute Gasteiger partial charge is 0.344 e. The van der Waals surface area contributed by atoms with E-state index in [4.69, 9.17) is 4.74 Å². The van der Waals surface area contributed by atoms with Gasteiger partial charge in [-0.2, -0.15) is 0 Å². The maximum atomic E-state index is 12.4. The lowest BCUT2D eigenvalue weighted by atomic mass is 10.1. The third-order valence-corrected chi connectivity index (χ3v) is 5.27. The van der Waals surface area contributed by atoms with E-state index in [1.54, 1.807) is 31.2 Å². The van der Waals surface area contributed by atoms with Crippen LogP contribution in [0.15, 0.2) is 52.4 Å². The lowest BCUT2D eigenvalue weighted by Gasteiger charge is -2.15. The molecular weight excluding hydrogens is 388 g/mol. The molecule has 1 saturated heterocycles. The summed E-state index contributed by atoms with van der Waals surface area (Å²) in [6.07, 6.45) is 1.08. The third-order valence-electron chi connectivity index (χ3n) is 4.36. The first kappa shape index (κ1) is 20.7. The van der Waals surface area contributed by atoms with Crippen molar-refractivity contribution in [1.29, 1.82) is 0 Å². The molecular formula is C22H22N2O4S. The second kappa shape index (κ2) is 8.96. The number of carboxylic acids is 1. The molecule has 6 nitrogen and oxygen atoms in total. The van der Waals surface area contributed by atoms with E-state index in [2.05, 4.69) is 10.3 Å². The minimum atomic E-state index is -1.02. The Balaban J connectivity index is 1.87. The number of aryl methyl sites for hydroxylation is 2. The molecule has 2 aromatic carbocycles. The number of rotatable bonds is 6. The van der Waals surface area contributed by atoms with E-state index in [-0.39, 0.29) is 5.91 Å². The van der Waals surface area contributed by atoms with Crippen LogP contribution in [0.25, 0.3) is 6.08 Å². The number of amides is 1. The lowest BCUT2D eigenvalue weighted by molar-refractivity contribution is -0.145. The number of benzene rings is 2. The van der Waals surface area contributed by atoms with Crippen molar-refractivity contribution in [3.63, 3.8) is 0 Å². The Morgan fingerprint density at radius 1 is 1.28 bits per heavy atom. The molecule has 0 spiro atoms. The number of carbonyl (C=O) groups is 2. The van der Waals surface area contributed by atoms with Gasteiger partial charge in [0.25, 0.3) is 5.91 Å². The summed E-state index contributed by atoms with van der Waals surface area (Å²) in [6, 6.07) is 13.0. The summed E-state index contributed by atoms with van der Waals surface area (Å²) >= 11 is 1.24. The summed E-state index contributed by atoms with van der Waals surface area (Å²) in [4.78, 5) is 28.7. The maximum Gasteiger partial charge on any atom is 0.344 e. The van der Waals surface area contributed by atoms with Crippen LogP contribution in [0.4, 0.5) is 5.69 Å². The fourth-order valence-electron chi connectivity index (χ4n) is 2.74. The molecule has 1 aliphatic rings. The highest BCUT2D eigenvalue weighted by atomic mass is 32.2. The third kappa shape index (κ3) is 5.06. The molecule has 0 aromatic heterocycles. The van der Waals surface area contributed by atoms with E-state index < -0.39 is 12.1 Å². The highest BCUT2D eigenvalue weighted by Gasteiger charge is 2.25. The number of nitrogens with zero attached hydrogens (tertiary/aromatic N) is 1. The molecule has 1 amide bonds. The summed E-state index contributed by atoms with van der Waals surface area (Å²) in [5, 5.41) is 12.5. The molecule has 1 heterocycles. The number of hydrogen-bond donors (Lipinski definition) is 2. The van der Waals surface area contributed by atoms with Crippen molar-refractivity contribution in [2.45, 2.75) is 33.3 Å². The first-order valence-corrected chi connectivity index (χ1v) is 10.0. The lowest BCUT2D eigenvalue weighted by Crippen LogP contribution is -2.26. The number of carboxylic acid groups (broad SMARTS) is 1. The van der Waals surface area contributed by atoms with Gasteiger partial charge in [-0.3, -0.25) is 4.79 Å². The first-order chi connectivity index (χ1) is 13.9. The van der Waals surface area contributed by atoms with E-state index in [0.29, 0.717) is 27.8 Å². The van der Waals surface area contributed by atoms with E-state index in [0.717, 1.165) is 16.8 Å². The van der Waals surface area contributed by atoms with Gasteiger partial charge in [0.15, 0.2) is 11.3 Å². The van der Waals surface area contributed by atoms with Gasteiger partial charge in [0.05, 0.1) is 10.6 Å². The predicted molar refractivity (Wildman–Crippen MR) is 116 cm³/mol. The van der Waals surface area contributed by atoms with Crippen LogP contribution in [0, 0.1) is 13.8 Å². The van der Waals surface area contributed by atoms with E-state index >= 15 is 0 Å². The number of amidine groups is 1. The number of hydrogen-bond acceptors (Lipinski definition) is 5. The normalized spacial score (nSPS) is 17.4. The zero-order valence-electron chi connectivity index (χ0n) is 16.4. The van der Waals surface area contributed by atoms with Gasteiger partial charge >= 0.3 is 5.97 Å². The monoisotopic (exact) mass is 410 g/mol. The van der Waals surface area contributed by atoms with E-state index in [1.165, 1.54) is 11.8 Å². The zero-order chi connectivity index (χ0) is 21.0. The highest BCUT2D eigenvalue weighted by Crippen LogP contribution is 2.32. The van der Waals surface area contributed by atoms with Crippen LogP contribution in [0.1, 0.15) is 30.0 Å². The predicted octanol–water partition coefficient (Wildman–Crippen LogP) is 4.44. The summed E-state index contributed by atoms with van der Waals surface area (Å²) < 4.78 is 5.64. The van der Waals surface area contributed by atoms with Crippen LogP contribution in [-0.4, -0.2) is 28.3 Å². The van der Waals surface area contributed by atoms with Gasteiger partial charge in [-0.1, -0.05) is 37.3 Å². The number of aliphatic imine (C=N–C) groups is 1. The number of nitrogens with one attached hydrogen (secondary N) is 1. The Morgan fingerprint density at radius 3 is 2.76 bits per heavy atom. The summed E-state index contributed by atoms with van der Waals surface area (Å²) in [7, 11) is 0. The minimum absolute atomic E-state index is 0.251. The highest BCUT2D eigenvalue weighted by molar-refractivity contribution is 8.18. The van der Waals surface area contributed by atoms with Crippen molar-refractivity contribution in [1.82, 2.24) is 5.32 Å². The van der Waals surface area contributed by atoms with Gasteiger partial charge in [-0.15, -0.1) is 0 Å². The standard InChI is InChI=1S/C22H22N2O4S/c1-4-17(21(26)27)28-18-8-6-5-7-15(18)12-19-20(25)24-22(29-19)23-16-11-13(2)9-10-14(16)3/h5-12,17H,4H2,1-3H3,(H,26,27)(H,23,24,25)/b19-12+. The number of ether oxygens (including phenoxy) is 1. The Labute approximate surface area is 173 Å². The number of carbonyl (C=O) groups excluding carboxylic acids is 1. The number of para-hydroxylation sites is 1. The summed E-state index contributed by atoms with van der Waals surface area (Å²) in [5.74, 6) is -0.854. The topological polar surface area (TPSA) is 88.0 Å². The Morgan fingerprint density at radius 2 is 2.03 bits per heavy atom. The van der Waals surface area contributed by atoms with Crippen molar-refractivity contribution >= 4 is 40.6 Å². The average molecular weight is 410 g/mol. The van der Waals surface area contributed by atoms with Gasteiger partial charge in [-0.05, 0) is 61.4 Å². The molecule has 0 aliphatic carbocycles. The molecule has 1 aliphatic heterocycles. The number of thioether (sulfide) groups is 1. The van der Waals surface area contributed by atoms with Gasteiger partial charge < -0.3 is 15.2 Å². The molecule has 2 N–H and O–H groups in total. The molecule has 150 valence electrons. The summed E-state index contributed by atoms with van der Waals surface area (Å²) in [6.45, 7) is 5.71. The van der Waals surface area contributed by atoms with Crippen LogP contribution in [-0.2, 0) is 9.59 Å². The average Bonchev–Trinajstić information content (AvgIpc) is 3.02. The molecule has 1 fully saturated rings. The second-order valence-corrected chi connectivity index (χ2v) is 7.69. The fourth-order valence-corrected chi connectivity index (χ4v) is 3.57. The van der Waals surface area contributed by atoms with Gasteiger partial charge in [0.2, 0.25) is 0 Å². The molecule has 0 saturated carbocycles. The Bertz CT molecular complexity index is 1010. The molecule has 1 atom stereocenters. The maximum absolute atomic E-state index is 12.4. The van der Waals surface area contributed by atoms with Crippen molar-refractivity contribution < 1.29 is 19.4 Å². The molecule has 1 unspecified atom stereocenters. The van der Waals surface area contributed by atoms with Crippen molar-refractivity contribution in [2.75, 3.05) is 0 Å². The molecule has 0 bridgehead atoms. The quantitative estimate of drug-likeness (QED) is 0.688.